The van der Waals surface area contributed by atoms with E-state index >= 15 is 4.39 Å². The third kappa shape index (κ3) is 5.40. The van der Waals surface area contributed by atoms with Gasteiger partial charge < -0.3 is 14.8 Å². The second-order valence-electron chi connectivity index (χ2n) is 10.0. The molecular weight excluding hydrogens is 470 g/mol. The smallest absolute Gasteiger partial charge is 0.366 e. The molecule has 0 saturated heterocycles. The van der Waals surface area contributed by atoms with Crippen LogP contribution in [0.5, 0.6) is 0 Å². The summed E-state index contributed by atoms with van der Waals surface area (Å²) in [6, 6.07) is 5.35. The summed E-state index contributed by atoms with van der Waals surface area (Å²) in [4.78, 5) is 3.47. The number of aromatic nitrogens is 2. The minimum absolute atomic E-state index is 0.0626. The molecule has 3 aromatic rings. The van der Waals surface area contributed by atoms with Crippen LogP contribution in [0.4, 0.5) is 17.6 Å². The van der Waals surface area contributed by atoms with Gasteiger partial charge in [0.15, 0.2) is 11.5 Å². The van der Waals surface area contributed by atoms with E-state index in [1.807, 2.05) is 31.5 Å². The average Bonchev–Trinajstić information content (AvgIpc) is 3.00. The lowest BCUT2D eigenvalue weighted by molar-refractivity contribution is -0.207. The first-order valence-corrected chi connectivity index (χ1v) is 11.8. The van der Waals surface area contributed by atoms with E-state index in [-0.39, 0.29) is 34.6 Å². The van der Waals surface area contributed by atoms with Crippen LogP contribution in [0.15, 0.2) is 36.7 Å². The number of nitrogens with one attached hydrogen (secondary N) is 1. The lowest BCUT2D eigenvalue weighted by Gasteiger charge is -2.38. The highest BCUT2D eigenvalue weighted by molar-refractivity contribution is 7.98. The fourth-order valence-corrected chi connectivity index (χ4v) is 5.39. The molecule has 1 fully saturated rings. The number of rotatable bonds is 6. The van der Waals surface area contributed by atoms with E-state index in [4.69, 9.17) is 0 Å². The van der Waals surface area contributed by atoms with Crippen molar-refractivity contribution < 1.29 is 27.8 Å². The molecule has 0 aliphatic heterocycles. The van der Waals surface area contributed by atoms with Crippen molar-refractivity contribution in [3.63, 3.8) is 0 Å². The molecule has 0 spiro atoms. The first kappa shape index (κ1) is 25.0. The van der Waals surface area contributed by atoms with Crippen molar-refractivity contribution in [2.24, 2.45) is 5.41 Å². The normalized spacial score (nSPS) is 16.7. The van der Waals surface area contributed by atoms with Crippen molar-refractivity contribution >= 4 is 22.9 Å². The van der Waals surface area contributed by atoms with Crippen molar-refractivity contribution in [1.82, 2.24) is 14.3 Å². The summed E-state index contributed by atoms with van der Waals surface area (Å²) in [7, 11) is 0. The van der Waals surface area contributed by atoms with Gasteiger partial charge in [0.2, 0.25) is 0 Å². The summed E-state index contributed by atoms with van der Waals surface area (Å²) >= 11 is 1.39. The van der Waals surface area contributed by atoms with E-state index in [2.05, 4.69) is 9.71 Å². The molecule has 0 atom stereocenters. The average molecular weight is 498 g/mol. The van der Waals surface area contributed by atoms with E-state index in [9.17, 15) is 23.4 Å². The molecule has 1 saturated carbocycles. The van der Waals surface area contributed by atoms with Crippen LogP contribution in [0.2, 0.25) is 0 Å². The number of nitrogens with zero attached hydrogens (tertiary/aromatic N) is 2. The maximum atomic E-state index is 15.2. The maximum absolute atomic E-state index is 15.2. The first-order valence-electron chi connectivity index (χ1n) is 10.9. The summed E-state index contributed by atoms with van der Waals surface area (Å²) in [5.41, 5.74) is -0.245. The molecule has 1 aliphatic rings. The highest BCUT2D eigenvalue weighted by Crippen LogP contribution is 2.40. The molecule has 5 nitrogen and oxygen atoms in total. The number of hydrogen-bond donors (Lipinski definition) is 3. The molecule has 34 heavy (non-hydrogen) atoms. The van der Waals surface area contributed by atoms with Gasteiger partial charge in [-0.15, -0.1) is 0 Å². The van der Waals surface area contributed by atoms with Crippen LogP contribution in [0.25, 0.3) is 22.0 Å². The van der Waals surface area contributed by atoms with Gasteiger partial charge >= 0.3 is 6.18 Å². The molecule has 0 bridgehead atoms. The van der Waals surface area contributed by atoms with Crippen molar-refractivity contribution in [3.8, 4) is 11.1 Å². The molecule has 2 aromatic heterocycles. The Balaban J connectivity index is 1.72. The molecule has 0 amide bonds. The number of hydrogen-bond acceptors (Lipinski definition) is 5. The quantitative estimate of drug-likeness (QED) is 0.239. The molecule has 4 rings (SSSR count). The van der Waals surface area contributed by atoms with Crippen molar-refractivity contribution in [2.45, 2.75) is 63.9 Å². The zero-order valence-corrected chi connectivity index (χ0v) is 19.9. The Labute approximate surface area is 199 Å². The largest absolute Gasteiger partial charge is 0.433 e. The van der Waals surface area contributed by atoms with E-state index in [1.54, 1.807) is 0 Å². The van der Waals surface area contributed by atoms with E-state index in [0.29, 0.717) is 24.0 Å². The molecule has 184 valence electrons. The summed E-state index contributed by atoms with van der Waals surface area (Å²) in [6.45, 7) is 7.12. The first-order chi connectivity index (χ1) is 15.7. The summed E-state index contributed by atoms with van der Waals surface area (Å²) < 4.78 is 61.0. The Morgan fingerprint density at radius 2 is 1.88 bits per heavy atom. The lowest BCUT2D eigenvalue weighted by Crippen LogP contribution is -2.46. The molecule has 2 heterocycles. The molecule has 10 heteroatoms. The summed E-state index contributed by atoms with van der Waals surface area (Å²) in [5, 5.41) is 19.6. The van der Waals surface area contributed by atoms with Gasteiger partial charge in [0.05, 0.1) is 0 Å². The van der Waals surface area contributed by atoms with Crippen LogP contribution in [0.3, 0.4) is 0 Å². The molecule has 1 aliphatic carbocycles. The highest BCUT2D eigenvalue weighted by Gasteiger charge is 2.41. The second kappa shape index (κ2) is 8.82. The predicted molar refractivity (Wildman–Crippen MR) is 124 cm³/mol. The van der Waals surface area contributed by atoms with Crippen LogP contribution in [0.1, 0.15) is 44.9 Å². The number of benzene rings is 1. The molecule has 1 aromatic carbocycles. The minimum atomic E-state index is -4.71. The van der Waals surface area contributed by atoms with Crippen LogP contribution < -0.4 is 4.72 Å². The van der Waals surface area contributed by atoms with Crippen LogP contribution in [0, 0.1) is 11.2 Å². The van der Waals surface area contributed by atoms with E-state index in [0.717, 1.165) is 11.8 Å². The Kier molecular flexibility index (Phi) is 6.48. The van der Waals surface area contributed by atoms with Gasteiger partial charge in [-0.1, -0.05) is 38.8 Å². The van der Waals surface area contributed by atoms with E-state index < -0.39 is 23.5 Å². The SMILES string of the molecule is CC(C)(C)Cn1cc(CNSC2CC(O)(O)C2)c2cc(F)c(-c3cccnc3C(F)(F)F)cc21. The number of pyridine rings is 1. The fourth-order valence-electron chi connectivity index (χ4n) is 4.21. The van der Waals surface area contributed by atoms with Gasteiger partial charge in [-0.05, 0) is 29.2 Å². The predicted octanol–water partition coefficient (Wildman–Crippen LogP) is 5.49. The molecule has 0 unspecified atom stereocenters. The van der Waals surface area contributed by atoms with Gasteiger partial charge in [0, 0.05) is 65.6 Å². The Bertz CT molecular complexity index is 1190. The zero-order valence-electron chi connectivity index (χ0n) is 19.1. The number of aliphatic hydroxyl groups is 2. The topological polar surface area (TPSA) is 70.3 Å². The van der Waals surface area contributed by atoms with Gasteiger partial charge in [-0.2, -0.15) is 13.2 Å². The van der Waals surface area contributed by atoms with E-state index in [1.165, 1.54) is 36.2 Å². The fraction of sp³-hybridized carbons (Fsp3) is 0.458. The molecule has 0 radical (unpaired) electrons. The summed E-state index contributed by atoms with van der Waals surface area (Å²) in [6.07, 6.45) is -1.24. The van der Waals surface area contributed by atoms with Gasteiger partial charge in [0.25, 0.3) is 0 Å². The van der Waals surface area contributed by atoms with Gasteiger partial charge in [-0.3, -0.25) is 9.71 Å². The Morgan fingerprint density at radius 1 is 1.18 bits per heavy atom. The van der Waals surface area contributed by atoms with Gasteiger partial charge in [0.1, 0.15) is 5.82 Å². The van der Waals surface area contributed by atoms with Crippen LogP contribution in [-0.2, 0) is 19.3 Å². The number of fused-ring (bicyclic) bond motifs is 1. The standard InChI is InChI=1S/C24H27F4N3O2S/c1-22(2,3)13-31-12-14(11-30-34-15-9-23(32,33)10-15)17-7-19(25)18(8-20(17)31)16-5-4-6-29-21(16)24(26,27)28/h4-8,12,15,30,32-33H,9-11,13H2,1-3H3. The minimum Gasteiger partial charge on any atom is -0.366 e. The highest BCUT2D eigenvalue weighted by atomic mass is 32.2. The third-order valence-corrected chi connectivity index (χ3v) is 6.66. The van der Waals surface area contributed by atoms with Crippen LogP contribution in [-0.4, -0.2) is 30.8 Å². The number of halogens is 4. The maximum Gasteiger partial charge on any atom is 0.433 e. The Hall–Kier alpha value is -2.14. The monoisotopic (exact) mass is 497 g/mol. The van der Waals surface area contributed by atoms with Crippen molar-refractivity contribution in [1.29, 1.82) is 0 Å². The van der Waals surface area contributed by atoms with Crippen molar-refractivity contribution in [3.05, 3.63) is 53.7 Å². The lowest BCUT2D eigenvalue weighted by atomic mass is 9.91. The number of alkyl halides is 3. The summed E-state index contributed by atoms with van der Waals surface area (Å²) in [5.74, 6) is -2.36. The molecule has 3 N–H and O–H groups in total. The second-order valence-corrected chi connectivity index (χ2v) is 11.2. The third-order valence-electron chi connectivity index (χ3n) is 5.69. The van der Waals surface area contributed by atoms with Crippen LogP contribution >= 0.6 is 11.9 Å². The van der Waals surface area contributed by atoms with Gasteiger partial charge in [-0.25, -0.2) is 4.39 Å². The zero-order chi connectivity index (χ0) is 24.9. The molecular formula is C24H27F4N3O2S. The Morgan fingerprint density at radius 3 is 2.50 bits per heavy atom. The van der Waals surface area contributed by atoms with Crippen molar-refractivity contribution in [2.75, 3.05) is 0 Å².